The molecule has 0 saturated heterocycles. The summed E-state index contributed by atoms with van der Waals surface area (Å²) in [5.74, 6) is 0.409. The molecule has 1 aromatic heterocycles. The quantitative estimate of drug-likeness (QED) is 0.806. The van der Waals surface area contributed by atoms with Crippen LogP contribution in [0.5, 0.6) is 5.75 Å². The zero-order valence-corrected chi connectivity index (χ0v) is 11.2. The molecule has 5 heteroatoms. The number of carbonyl (C=O) groups excluding carboxylic acids is 1. The second-order valence-corrected chi connectivity index (χ2v) is 4.56. The lowest BCUT2D eigenvalue weighted by Crippen LogP contribution is -2.03. The van der Waals surface area contributed by atoms with Gasteiger partial charge in [0.15, 0.2) is 5.76 Å². The second kappa shape index (κ2) is 4.94. The molecule has 0 atom stereocenters. The molecule has 88 valence electrons. The minimum absolute atomic E-state index is 0.241. The maximum atomic E-state index is 12.2. The molecule has 2 rings (SSSR count). The van der Waals surface area contributed by atoms with Gasteiger partial charge in [0.1, 0.15) is 5.75 Å². The van der Waals surface area contributed by atoms with E-state index in [1.807, 2.05) is 0 Å². The van der Waals surface area contributed by atoms with Crippen LogP contribution in [0.15, 0.2) is 39.4 Å². The molecule has 3 nitrogen and oxygen atoms in total. The Hall–Kier alpha value is -1.26. The van der Waals surface area contributed by atoms with Crippen molar-refractivity contribution in [2.45, 2.75) is 0 Å². The smallest absolute Gasteiger partial charge is 0.233 e. The Morgan fingerprint density at radius 1 is 1.41 bits per heavy atom. The summed E-state index contributed by atoms with van der Waals surface area (Å²) < 4.78 is 10.9. The van der Waals surface area contributed by atoms with E-state index in [9.17, 15) is 4.79 Å². The lowest BCUT2D eigenvalue weighted by Gasteiger charge is -2.06. The van der Waals surface area contributed by atoms with Crippen molar-refractivity contribution >= 4 is 33.3 Å². The van der Waals surface area contributed by atoms with Gasteiger partial charge in [-0.05, 0) is 40.2 Å². The Bertz CT molecular complexity index is 563. The Kier molecular flexibility index (Phi) is 3.54. The normalized spacial score (nSPS) is 10.3. The predicted molar refractivity (Wildman–Crippen MR) is 67.8 cm³/mol. The molecule has 0 amide bonds. The van der Waals surface area contributed by atoms with Gasteiger partial charge in [0.2, 0.25) is 5.78 Å². The van der Waals surface area contributed by atoms with Crippen molar-refractivity contribution in [2.75, 3.05) is 7.11 Å². The molecule has 17 heavy (non-hydrogen) atoms. The lowest BCUT2D eigenvalue weighted by atomic mass is 10.1. The molecule has 0 spiro atoms. The third-order valence-electron chi connectivity index (χ3n) is 2.23. The number of rotatable bonds is 3. The Morgan fingerprint density at radius 2 is 2.18 bits per heavy atom. The predicted octanol–water partition coefficient (Wildman–Crippen LogP) is 3.94. The van der Waals surface area contributed by atoms with E-state index in [2.05, 4.69) is 15.9 Å². The van der Waals surface area contributed by atoms with Crippen LogP contribution in [0.2, 0.25) is 5.02 Å². The summed E-state index contributed by atoms with van der Waals surface area (Å²) in [5.41, 5.74) is 0.410. The largest absolute Gasteiger partial charge is 0.496 e. The molecular formula is C12H8BrClO3. The van der Waals surface area contributed by atoms with Crippen molar-refractivity contribution in [1.82, 2.24) is 0 Å². The van der Waals surface area contributed by atoms with Crippen LogP contribution < -0.4 is 4.74 Å². The second-order valence-electron chi connectivity index (χ2n) is 3.27. The number of hydrogen-bond donors (Lipinski definition) is 0. The summed E-state index contributed by atoms with van der Waals surface area (Å²) in [6.07, 6.45) is 1.44. The first-order valence-corrected chi connectivity index (χ1v) is 5.92. The van der Waals surface area contributed by atoms with Gasteiger partial charge in [0.25, 0.3) is 0 Å². The number of halogens is 2. The summed E-state index contributed by atoms with van der Waals surface area (Å²) in [6.45, 7) is 0. The van der Waals surface area contributed by atoms with Crippen molar-refractivity contribution < 1.29 is 13.9 Å². The highest BCUT2D eigenvalue weighted by molar-refractivity contribution is 9.10. The van der Waals surface area contributed by atoms with E-state index in [1.54, 1.807) is 24.3 Å². The third-order valence-corrected chi connectivity index (χ3v) is 3.09. The van der Waals surface area contributed by atoms with Crippen LogP contribution in [0.25, 0.3) is 0 Å². The minimum Gasteiger partial charge on any atom is -0.496 e. The van der Waals surface area contributed by atoms with E-state index >= 15 is 0 Å². The maximum Gasteiger partial charge on any atom is 0.233 e. The number of carbonyl (C=O) groups is 1. The van der Waals surface area contributed by atoms with Crippen LogP contribution in [0.4, 0.5) is 0 Å². The number of hydrogen-bond acceptors (Lipinski definition) is 3. The van der Waals surface area contributed by atoms with E-state index in [4.69, 9.17) is 20.8 Å². The molecule has 1 heterocycles. The maximum absolute atomic E-state index is 12.2. The molecule has 0 fully saturated rings. The molecule has 1 aromatic carbocycles. The van der Waals surface area contributed by atoms with E-state index in [1.165, 1.54) is 13.4 Å². The van der Waals surface area contributed by atoms with Gasteiger partial charge in [-0.15, -0.1) is 0 Å². The van der Waals surface area contributed by atoms with Crippen LogP contribution in [0, 0.1) is 0 Å². The molecule has 0 aliphatic carbocycles. The molecule has 2 aromatic rings. The molecule has 0 bridgehead atoms. The topological polar surface area (TPSA) is 39.4 Å². The number of furan rings is 1. The first-order valence-electron chi connectivity index (χ1n) is 4.74. The number of methoxy groups -OCH3 is 1. The highest BCUT2D eigenvalue weighted by Gasteiger charge is 2.19. The average Bonchev–Trinajstić information content (AvgIpc) is 2.74. The van der Waals surface area contributed by atoms with Crippen molar-refractivity contribution in [1.29, 1.82) is 0 Å². The minimum atomic E-state index is -0.254. The van der Waals surface area contributed by atoms with Crippen molar-refractivity contribution in [2.24, 2.45) is 0 Å². The van der Waals surface area contributed by atoms with Gasteiger partial charge in [0.05, 0.1) is 23.4 Å². The van der Waals surface area contributed by atoms with Crippen LogP contribution >= 0.6 is 27.5 Å². The molecule has 0 saturated carbocycles. The zero-order valence-electron chi connectivity index (χ0n) is 8.87. The SMILES string of the molecule is COc1cc(Cl)ccc1C(=O)c1occc1Br. The van der Waals surface area contributed by atoms with E-state index < -0.39 is 0 Å². The first-order chi connectivity index (χ1) is 8.13. The van der Waals surface area contributed by atoms with Crippen LogP contribution in [-0.2, 0) is 0 Å². The van der Waals surface area contributed by atoms with Crippen LogP contribution in [-0.4, -0.2) is 12.9 Å². The van der Waals surface area contributed by atoms with E-state index in [0.29, 0.717) is 20.8 Å². The Labute approximate surface area is 111 Å². The first kappa shape index (κ1) is 12.2. The van der Waals surface area contributed by atoms with Crippen LogP contribution in [0.3, 0.4) is 0 Å². The average molecular weight is 316 g/mol. The van der Waals surface area contributed by atoms with Crippen LogP contribution in [0.1, 0.15) is 16.1 Å². The standard InChI is InChI=1S/C12H8BrClO3/c1-16-10-6-7(14)2-3-8(10)11(15)12-9(13)4-5-17-12/h2-6H,1H3. The fourth-order valence-corrected chi connectivity index (χ4v) is 1.97. The van der Waals surface area contributed by atoms with Gasteiger partial charge >= 0.3 is 0 Å². The summed E-state index contributed by atoms with van der Waals surface area (Å²) in [6, 6.07) is 6.49. The molecule has 0 radical (unpaired) electrons. The lowest BCUT2D eigenvalue weighted by molar-refractivity contribution is 0.100. The van der Waals surface area contributed by atoms with Gasteiger partial charge in [-0.25, -0.2) is 0 Å². The van der Waals surface area contributed by atoms with Crippen molar-refractivity contribution in [3.05, 3.63) is 51.3 Å². The fourth-order valence-electron chi connectivity index (χ4n) is 1.43. The Morgan fingerprint density at radius 3 is 2.76 bits per heavy atom. The molecule has 0 aliphatic rings. The third kappa shape index (κ3) is 2.37. The summed E-state index contributed by atoms with van der Waals surface area (Å²) >= 11 is 9.08. The summed E-state index contributed by atoms with van der Waals surface area (Å²) in [7, 11) is 1.49. The van der Waals surface area contributed by atoms with Gasteiger partial charge in [-0.1, -0.05) is 11.6 Å². The summed E-state index contributed by atoms with van der Waals surface area (Å²) in [4.78, 5) is 12.2. The van der Waals surface area contributed by atoms with Gasteiger partial charge in [-0.2, -0.15) is 0 Å². The molecular weight excluding hydrogens is 307 g/mol. The highest BCUT2D eigenvalue weighted by Crippen LogP contribution is 2.28. The summed E-state index contributed by atoms with van der Waals surface area (Å²) in [5, 5.41) is 0.511. The number of benzene rings is 1. The monoisotopic (exact) mass is 314 g/mol. The molecule has 0 aliphatic heterocycles. The molecule has 0 unspecified atom stereocenters. The number of ketones is 1. The zero-order chi connectivity index (χ0) is 12.4. The van der Waals surface area contributed by atoms with Gasteiger partial charge in [-0.3, -0.25) is 4.79 Å². The van der Waals surface area contributed by atoms with E-state index in [0.717, 1.165) is 0 Å². The van der Waals surface area contributed by atoms with Crippen molar-refractivity contribution in [3.8, 4) is 5.75 Å². The van der Waals surface area contributed by atoms with E-state index in [-0.39, 0.29) is 11.5 Å². The number of ether oxygens (including phenoxy) is 1. The Balaban J connectivity index is 2.48. The van der Waals surface area contributed by atoms with Gasteiger partial charge < -0.3 is 9.15 Å². The molecule has 0 N–H and O–H groups in total. The van der Waals surface area contributed by atoms with Crippen molar-refractivity contribution in [3.63, 3.8) is 0 Å². The highest BCUT2D eigenvalue weighted by atomic mass is 79.9. The van der Waals surface area contributed by atoms with Gasteiger partial charge in [0, 0.05) is 5.02 Å². The fraction of sp³-hybridized carbons (Fsp3) is 0.0833.